The van der Waals surface area contributed by atoms with Crippen LogP contribution in [0.3, 0.4) is 0 Å². The molecule has 0 radical (unpaired) electrons. The van der Waals surface area contributed by atoms with Gasteiger partial charge in [-0.2, -0.15) is 0 Å². The van der Waals surface area contributed by atoms with E-state index in [4.69, 9.17) is 4.74 Å². The number of nitrogens with zero attached hydrogens (tertiary/aromatic N) is 1. The Labute approximate surface area is 130 Å². The van der Waals surface area contributed by atoms with Crippen LogP contribution < -0.4 is 10.1 Å². The summed E-state index contributed by atoms with van der Waals surface area (Å²) in [5.41, 5.74) is 1.93. The lowest BCUT2D eigenvalue weighted by atomic mass is 10.2. The first-order valence-corrected chi connectivity index (χ1v) is 7.32. The Kier molecular flexibility index (Phi) is 5.72. The molecule has 4 nitrogen and oxygen atoms in total. The summed E-state index contributed by atoms with van der Waals surface area (Å²) in [5.74, 6) is 1.11. The van der Waals surface area contributed by atoms with Crippen LogP contribution in [0.4, 0.5) is 5.82 Å². The molecule has 2 aromatic rings. The molecule has 1 aromatic carbocycles. The number of anilines is 1. The molecule has 0 aliphatic carbocycles. The minimum absolute atomic E-state index is 0.219. The van der Waals surface area contributed by atoms with E-state index in [2.05, 4.69) is 17.2 Å². The monoisotopic (exact) mass is 296 g/mol. The van der Waals surface area contributed by atoms with Crippen molar-refractivity contribution in [1.29, 1.82) is 0 Å². The average Bonchev–Trinajstić information content (AvgIpc) is 2.51. The second-order valence-electron chi connectivity index (χ2n) is 4.93. The number of rotatable bonds is 6. The van der Waals surface area contributed by atoms with Crippen molar-refractivity contribution in [2.75, 3.05) is 11.9 Å². The van der Waals surface area contributed by atoms with Crippen LogP contribution in [-0.4, -0.2) is 17.5 Å². The van der Waals surface area contributed by atoms with E-state index in [-0.39, 0.29) is 5.91 Å². The fourth-order valence-corrected chi connectivity index (χ4v) is 1.90. The van der Waals surface area contributed by atoms with E-state index >= 15 is 0 Å². The lowest BCUT2D eigenvalue weighted by molar-refractivity contribution is -0.111. The van der Waals surface area contributed by atoms with Gasteiger partial charge in [-0.15, -0.1) is 0 Å². The molecule has 1 aromatic heterocycles. The van der Waals surface area contributed by atoms with Gasteiger partial charge in [-0.1, -0.05) is 25.1 Å². The van der Waals surface area contributed by atoms with Crippen LogP contribution in [0.5, 0.6) is 5.75 Å². The molecule has 0 aliphatic heterocycles. The fraction of sp³-hybridized carbons (Fsp3) is 0.222. The molecule has 0 spiro atoms. The van der Waals surface area contributed by atoms with Crippen molar-refractivity contribution in [1.82, 2.24) is 4.98 Å². The van der Waals surface area contributed by atoms with Gasteiger partial charge in [-0.3, -0.25) is 4.79 Å². The van der Waals surface area contributed by atoms with Gasteiger partial charge in [-0.25, -0.2) is 4.98 Å². The Balaban J connectivity index is 2.03. The molecule has 1 N–H and O–H groups in total. The van der Waals surface area contributed by atoms with Gasteiger partial charge in [0.2, 0.25) is 5.91 Å². The molecule has 0 aliphatic rings. The first-order valence-electron chi connectivity index (χ1n) is 7.32. The van der Waals surface area contributed by atoms with Gasteiger partial charge in [0.15, 0.2) is 0 Å². The number of hydrogen-bond donors (Lipinski definition) is 1. The Hall–Kier alpha value is -2.62. The van der Waals surface area contributed by atoms with Gasteiger partial charge >= 0.3 is 0 Å². The van der Waals surface area contributed by atoms with E-state index in [0.29, 0.717) is 12.4 Å². The highest BCUT2D eigenvalue weighted by Crippen LogP contribution is 2.19. The van der Waals surface area contributed by atoms with Crippen LogP contribution in [-0.2, 0) is 4.79 Å². The maximum Gasteiger partial charge on any atom is 0.249 e. The van der Waals surface area contributed by atoms with Gasteiger partial charge in [0, 0.05) is 17.8 Å². The fourth-order valence-electron chi connectivity index (χ4n) is 1.90. The largest absolute Gasteiger partial charge is 0.493 e. The van der Waals surface area contributed by atoms with Gasteiger partial charge in [0.05, 0.1) is 6.61 Å². The van der Waals surface area contributed by atoms with Crippen LogP contribution in [0, 0.1) is 6.92 Å². The summed E-state index contributed by atoms with van der Waals surface area (Å²) in [6.45, 7) is 4.67. The standard InChI is InChI=1S/C18H20N2O2/c1-3-12-22-16-7-5-4-6-15(16)8-9-18(21)20-17-13-14(2)10-11-19-17/h4-11,13H,3,12H2,1-2H3,(H,19,20,21)/b9-8+. The number of carbonyl (C=O) groups excluding carboxylic acids is 1. The van der Waals surface area contributed by atoms with Gasteiger partial charge in [0.25, 0.3) is 0 Å². The number of amides is 1. The average molecular weight is 296 g/mol. The zero-order chi connectivity index (χ0) is 15.8. The summed E-state index contributed by atoms with van der Waals surface area (Å²) >= 11 is 0. The van der Waals surface area contributed by atoms with E-state index in [1.54, 1.807) is 12.3 Å². The molecule has 1 heterocycles. The normalized spacial score (nSPS) is 10.6. The van der Waals surface area contributed by atoms with Crippen molar-refractivity contribution in [3.63, 3.8) is 0 Å². The van der Waals surface area contributed by atoms with Crippen LogP contribution >= 0.6 is 0 Å². The lowest BCUT2D eigenvalue weighted by Crippen LogP contribution is -2.09. The molecule has 0 atom stereocenters. The highest BCUT2D eigenvalue weighted by atomic mass is 16.5. The van der Waals surface area contributed by atoms with E-state index < -0.39 is 0 Å². The predicted octanol–water partition coefficient (Wildman–Crippen LogP) is 3.83. The number of ether oxygens (including phenoxy) is 1. The molecule has 0 unspecified atom stereocenters. The Morgan fingerprint density at radius 2 is 2.14 bits per heavy atom. The summed E-state index contributed by atoms with van der Waals surface area (Å²) in [6, 6.07) is 11.4. The Morgan fingerprint density at radius 1 is 1.32 bits per heavy atom. The molecule has 0 fully saturated rings. The zero-order valence-corrected chi connectivity index (χ0v) is 12.9. The maximum absolute atomic E-state index is 11.9. The van der Waals surface area contributed by atoms with Gasteiger partial charge in [0.1, 0.15) is 11.6 Å². The van der Waals surface area contributed by atoms with Gasteiger partial charge < -0.3 is 10.1 Å². The van der Waals surface area contributed by atoms with Crippen molar-refractivity contribution >= 4 is 17.8 Å². The van der Waals surface area contributed by atoms with Crippen LogP contribution in [0.2, 0.25) is 0 Å². The number of hydrogen-bond acceptors (Lipinski definition) is 3. The number of aryl methyl sites for hydroxylation is 1. The number of aromatic nitrogens is 1. The quantitative estimate of drug-likeness (QED) is 0.824. The minimum atomic E-state index is -0.219. The third kappa shape index (κ3) is 4.74. The Morgan fingerprint density at radius 3 is 2.91 bits per heavy atom. The van der Waals surface area contributed by atoms with E-state index in [0.717, 1.165) is 23.3 Å². The van der Waals surface area contributed by atoms with Crippen molar-refractivity contribution in [2.45, 2.75) is 20.3 Å². The Bertz CT molecular complexity index is 666. The SMILES string of the molecule is CCCOc1ccccc1/C=C/C(=O)Nc1cc(C)ccn1. The molecule has 0 bridgehead atoms. The first kappa shape index (κ1) is 15.8. The topological polar surface area (TPSA) is 51.2 Å². The van der Waals surface area contributed by atoms with Gasteiger partial charge in [-0.05, 0) is 43.2 Å². The number of para-hydroxylation sites is 1. The molecule has 2 rings (SSSR count). The smallest absolute Gasteiger partial charge is 0.249 e. The third-order valence-electron chi connectivity index (χ3n) is 2.96. The van der Waals surface area contributed by atoms with Crippen LogP contribution in [0.15, 0.2) is 48.7 Å². The molecule has 4 heteroatoms. The minimum Gasteiger partial charge on any atom is -0.493 e. The van der Waals surface area contributed by atoms with E-state index in [1.165, 1.54) is 6.08 Å². The second kappa shape index (κ2) is 7.98. The molecular formula is C18H20N2O2. The number of pyridine rings is 1. The molecule has 0 saturated carbocycles. The second-order valence-corrected chi connectivity index (χ2v) is 4.93. The molecule has 22 heavy (non-hydrogen) atoms. The highest BCUT2D eigenvalue weighted by Gasteiger charge is 2.02. The highest BCUT2D eigenvalue weighted by molar-refractivity contribution is 6.01. The molecule has 0 saturated heterocycles. The molecule has 1 amide bonds. The van der Waals surface area contributed by atoms with Crippen molar-refractivity contribution in [3.05, 3.63) is 59.8 Å². The lowest BCUT2D eigenvalue weighted by Gasteiger charge is -2.07. The van der Waals surface area contributed by atoms with Crippen LogP contribution in [0.1, 0.15) is 24.5 Å². The maximum atomic E-state index is 11.9. The number of nitrogens with one attached hydrogen (secondary N) is 1. The number of benzene rings is 1. The zero-order valence-electron chi connectivity index (χ0n) is 12.9. The van der Waals surface area contributed by atoms with Crippen molar-refractivity contribution in [2.24, 2.45) is 0 Å². The first-order chi connectivity index (χ1) is 10.7. The summed E-state index contributed by atoms with van der Waals surface area (Å²) in [6.07, 6.45) is 5.84. The van der Waals surface area contributed by atoms with E-state index in [9.17, 15) is 4.79 Å². The predicted molar refractivity (Wildman–Crippen MR) is 88.9 cm³/mol. The summed E-state index contributed by atoms with van der Waals surface area (Å²) in [7, 11) is 0. The van der Waals surface area contributed by atoms with Crippen LogP contribution in [0.25, 0.3) is 6.08 Å². The van der Waals surface area contributed by atoms with Crippen molar-refractivity contribution < 1.29 is 9.53 Å². The molecule has 114 valence electrons. The summed E-state index contributed by atoms with van der Waals surface area (Å²) in [4.78, 5) is 16.0. The third-order valence-corrected chi connectivity index (χ3v) is 2.96. The number of carbonyl (C=O) groups is 1. The summed E-state index contributed by atoms with van der Waals surface area (Å²) in [5, 5.41) is 2.74. The molecular weight excluding hydrogens is 276 g/mol. The van der Waals surface area contributed by atoms with Crippen molar-refractivity contribution in [3.8, 4) is 5.75 Å². The summed E-state index contributed by atoms with van der Waals surface area (Å²) < 4.78 is 5.66. The van der Waals surface area contributed by atoms with E-state index in [1.807, 2.05) is 43.3 Å².